The van der Waals surface area contributed by atoms with Gasteiger partial charge in [-0.2, -0.15) is 4.57 Å². The number of nitrogens with zero attached hydrogens (tertiary/aromatic N) is 1. The van der Waals surface area contributed by atoms with Crippen molar-refractivity contribution >= 4 is 11.6 Å². The van der Waals surface area contributed by atoms with Gasteiger partial charge in [0.1, 0.15) is 0 Å². The van der Waals surface area contributed by atoms with Crippen LogP contribution < -0.4 is 9.88 Å². The van der Waals surface area contributed by atoms with Gasteiger partial charge in [-0.1, -0.05) is 25.1 Å². The summed E-state index contributed by atoms with van der Waals surface area (Å²) in [6.07, 6.45) is 4.76. The average molecular weight is 241 g/mol. The number of aryl methyl sites for hydroxylation is 1. The van der Waals surface area contributed by atoms with Gasteiger partial charge in [-0.15, -0.1) is 0 Å². The molecule has 0 fully saturated rings. The highest BCUT2D eigenvalue weighted by molar-refractivity contribution is 5.89. The Labute approximate surface area is 107 Å². The zero-order valence-electron chi connectivity index (χ0n) is 10.5. The van der Waals surface area contributed by atoms with Crippen molar-refractivity contribution in [2.45, 2.75) is 19.9 Å². The lowest BCUT2D eigenvalue weighted by Crippen LogP contribution is -2.39. The van der Waals surface area contributed by atoms with Crippen LogP contribution >= 0.6 is 0 Å². The molecule has 18 heavy (non-hydrogen) atoms. The van der Waals surface area contributed by atoms with Crippen LogP contribution in [0.25, 0.3) is 0 Å². The van der Waals surface area contributed by atoms with E-state index in [2.05, 4.69) is 12.2 Å². The van der Waals surface area contributed by atoms with E-state index in [-0.39, 0.29) is 5.91 Å². The molecule has 1 amide bonds. The van der Waals surface area contributed by atoms with Gasteiger partial charge in [0.05, 0.1) is 0 Å². The molecule has 92 valence electrons. The van der Waals surface area contributed by atoms with Gasteiger partial charge < -0.3 is 5.32 Å². The van der Waals surface area contributed by atoms with Crippen LogP contribution in [0, 0.1) is 0 Å². The molecule has 3 nitrogen and oxygen atoms in total. The second-order valence-electron chi connectivity index (χ2n) is 4.15. The number of hydrogen-bond acceptors (Lipinski definition) is 1. The molecule has 2 aromatic rings. The van der Waals surface area contributed by atoms with Gasteiger partial charge in [0.25, 0.3) is 5.91 Å². The Hall–Kier alpha value is -2.16. The van der Waals surface area contributed by atoms with Gasteiger partial charge in [0.15, 0.2) is 12.4 Å². The first kappa shape index (κ1) is 12.3. The molecular formula is C15H17N2O+. The summed E-state index contributed by atoms with van der Waals surface area (Å²) in [4.78, 5) is 11.8. The number of nitrogens with one attached hydrogen (secondary N) is 1. The Bertz CT molecular complexity index is 506. The molecule has 0 atom stereocenters. The molecule has 2 rings (SSSR count). The molecule has 0 saturated carbocycles. The Morgan fingerprint density at radius 1 is 1.11 bits per heavy atom. The summed E-state index contributed by atoms with van der Waals surface area (Å²) in [6, 6.07) is 13.7. The molecule has 0 radical (unpaired) electrons. The van der Waals surface area contributed by atoms with Crippen LogP contribution in [0.3, 0.4) is 0 Å². The van der Waals surface area contributed by atoms with E-state index in [1.807, 2.05) is 59.4 Å². The highest BCUT2D eigenvalue weighted by Crippen LogP contribution is 2.09. The Balaban J connectivity index is 1.94. The highest BCUT2D eigenvalue weighted by atomic mass is 16.1. The summed E-state index contributed by atoms with van der Waals surface area (Å²) >= 11 is 0. The van der Waals surface area contributed by atoms with Crippen LogP contribution in [0.2, 0.25) is 0 Å². The van der Waals surface area contributed by atoms with E-state index in [1.54, 1.807) is 0 Å². The SMILES string of the molecule is CCc1ccc(NC(=O)C[n+]2ccccc2)cc1. The fraction of sp³-hybridized carbons (Fsp3) is 0.200. The van der Waals surface area contributed by atoms with Gasteiger partial charge in [-0.25, -0.2) is 0 Å². The molecule has 1 N–H and O–H groups in total. The Morgan fingerprint density at radius 2 is 1.78 bits per heavy atom. The van der Waals surface area contributed by atoms with Gasteiger partial charge in [0, 0.05) is 17.8 Å². The Kier molecular flexibility index (Phi) is 4.07. The molecule has 1 heterocycles. The minimum absolute atomic E-state index is 0.0181. The summed E-state index contributed by atoms with van der Waals surface area (Å²) < 4.78 is 1.84. The maximum absolute atomic E-state index is 11.8. The third kappa shape index (κ3) is 3.42. The van der Waals surface area contributed by atoms with Gasteiger partial charge >= 0.3 is 0 Å². The monoisotopic (exact) mass is 241 g/mol. The van der Waals surface area contributed by atoms with E-state index >= 15 is 0 Å². The molecule has 1 aromatic heterocycles. The van der Waals surface area contributed by atoms with Crippen molar-refractivity contribution < 1.29 is 9.36 Å². The van der Waals surface area contributed by atoms with Crippen LogP contribution in [0.4, 0.5) is 5.69 Å². The van der Waals surface area contributed by atoms with Crippen LogP contribution in [-0.4, -0.2) is 5.91 Å². The first-order chi connectivity index (χ1) is 8.78. The fourth-order valence-corrected chi connectivity index (χ4v) is 1.73. The van der Waals surface area contributed by atoms with Crippen LogP contribution in [-0.2, 0) is 17.8 Å². The number of benzene rings is 1. The molecule has 0 aliphatic carbocycles. The number of aromatic nitrogens is 1. The lowest BCUT2D eigenvalue weighted by atomic mass is 10.1. The summed E-state index contributed by atoms with van der Waals surface area (Å²) in [5.74, 6) is -0.0181. The molecule has 0 bridgehead atoms. The van der Waals surface area contributed by atoms with Crippen molar-refractivity contribution in [1.82, 2.24) is 0 Å². The quantitative estimate of drug-likeness (QED) is 0.818. The number of carbonyl (C=O) groups excluding carboxylic acids is 1. The number of anilines is 1. The number of amides is 1. The molecule has 3 heteroatoms. The van der Waals surface area contributed by atoms with Crippen molar-refractivity contribution in [3.8, 4) is 0 Å². The van der Waals surface area contributed by atoms with Gasteiger partial charge in [0.2, 0.25) is 6.54 Å². The first-order valence-corrected chi connectivity index (χ1v) is 6.11. The fourth-order valence-electron chi connectivity index (χ4n) is 1.73. The standard InChI is InChI=1S/C15H16N2O/c1-2-13-6-8-14(9-7-13)16-15(18)12-17-10-4-3-5-11-17/h3-11H,2,12H2,1H3/p+1. The number of hydrogen-bond donors (Lipinski definition) is 1. The predicted molar refractivity (Wildman–Crippen MR) is 71.1 cm³/mol. The molecular weight excluding hydrogens is 224 g/mol. The third-order valence-corrected chi connectivity index (χ3v) is 2.75. The van der Waals surface area contributed by atoms with Gasteiger partial charge in [-0.3, -0.25) is 4.79 Å². The largest absolute Gasteiger partial charge is 0.321 e. The summed E-state index contributed by atoms with van der Waals surface area (Å²) in [5.41, 5.74) is 2.11. The second kappa shape index (κ2) is 5.96. The van der Waals surface area contributed by atoms with E-state index in [0.717, 1.165) is 12.1 Å². The van der Waals surface area contributed by atoms with E-state index in [9.17, 15) is 4.79 Å². The zero-order valence-corrected chi connectivity index (χ0v) is 10.5. The van der Waals surface area contributed by atoms with Crippen molar-refractivity contribution in [2.24, 2.45) is 0 Å². The first-order valence-electron chi connectivity index (χ1n) is 6.11. The van der Waals surface area contributed by atoms with Crippen molar-refractivity contribution in [3.05, 3.63) is 60.4 Å². The minimum Gasteiger partial charge on any atom is -0.321 e. The zero-order chi connectivity index (χ0) is 12.8. The smallest absolute Gasteiger partial charge is 0.290 e. The molecule has 1 aromatic carbocycles. The highest BCUT2D eigenvalue weighted by Gasteiger charge is 2.08. The summed E-state index contributed by atoms with van der Waals surface area (Å²) in [6.45, 7) is 2.44. The minimum atomic E-state index is -0.0181. The normalized spacial score (nSPS) is 10.1. The molecule has 0 aliphatic heterocycles. The second-order valence-corrected chi connectivity index (χ2v) is 4.15. The Morgan fingerprint density at radius 3 is 2.39 bits per heavy atom. The maximum Gasteiger partial charge on any atom is 0.290 e. The van der Waals surface area contributed by atoms with Crippen molar-refractivity contribution in [1.29, 1.82) is 0 Å². The van der Waals surface area contributed by atoms with Gasteiger partial charge in [-0.05, 0) is 24.1 Å². The van der Waals surface area contributed by atoms with E-state index in [0.29, 0.717) is 6.54 Å². The van der Waals surface area contributed by atoms with Crippen molar-refractivity contribution in [2.75, 3.05) is 5.32 Å². The van der Waals surface area contributed by atoms with E-state index < -0.39 is 0 Å². The molecule has 0 unspecified atom stereocenters. The van der Waals surface area contributed by atoms with E-state index in [1.165, 1.54) is 5.56 Å². The lowest BCUT2D eigenvalue weighted by molar-refractivity contribution is -0.684. The van der Waals surface area contributed by atoms with Crippen LogP contribution in [0.5, 0.6) is 0 Å². The lowest BCUT2D eigenvalue weighted by Gasteiger charge is -2.04. The average Bonchev–Trinajstić information content (AvgIpc) is 2.40. The summed E-state index contributed by atoms with van der Waals surface area (Å²) in [7, 11) is 0. The molecule has 0 aliphatic rings. The number of carbonyl (C=O) groups is 1. The molecule has 0 spiro atoms. The van der Waals surface area contributed by atoms with Crippen molar-refractivity contribution in [3.63, 3.8) is 0 Å². The molecule has 0 saturated heterocycles. The van der Waals surface area contributed by atoms with E-state index in [4.69, 9.17) is 0 Å². The predicted octanol–water partition coefficient (Wildman–Crippen LogP) is 2.18. The maximum atomic E-state index is 11.8. The topological polar surface area (TPSA) is 33.0 Å². The van der Waals surface area contributed by atoms with Crippen LogP contribution in [0.15, 0.2) is 54.9 Å². The van der Waals surface area contributed by atoms with Crippen LogP contribution in [0.1, 0.15) is 12.5 Å². The third-order valence-electron chi connectivity index (χ3n) is 2.75. The number of pyridine rings is 1. The number of rotatable bonds is 4. The summed E-state index contributed by atoms with van der Waals surface area (Å²) in [5, 5.41) is 2.88.